The molecular formula is C18H28N2O4. The van der Waals surface area contributed by atoms with E-state index in [0.29, 0.717) is 25.5 Å². The van der Waals surface area contributed by atoms with E-state index in [2.05, 4.69) is 10.6 Å². The van der Waals surface area contributed by atoms with E-state index in [1.165, 1.54) is 0 Å². The Kier molecular flexibility index (Phi) is 7.34. The first-order chi connectivity index (χ1) is 11.7. The van der Waals surface area contributed by atoms with Crippen LogP contribution < -0.4 is 20.1 Å². The van der Waals surface area contributed by atoms with Gasteiger partial charge in [-0.3, -0.25) is 4.79 Å². The average molecular weight is 336 g/mol. The van der Waals surface area contributed by atoms with Crippen molar-refractivity contribution in [3.8, 4) is 11.5 Å². The summed E-state index contributed by atoms with van der Waals surface area (Å²) < 4.78 is 16.3. The largest absolute Gasteiger partial charge is 0.494 e. The highest BCUT2D eigenvalue weighted by molar-refractivity contribution is 5.77. The molecule has 1 saturated heterocycles. The lowest BCUT2D eigenvalue weighted by Crippen LogP contribution is -2.47. The summed E-state index contributed by atoms with van der Waals surface area (Å²) in [6, 6.07) is 7.27. The van der Waals surface area contributed by atoms with Gasteiger partial charge in [-0.1, -0.05) is 0 Å². The highest BCUT2D eigenvalue weighted by atomic mass is 16.5. The summed E-state index contributed by atoms with van der Waals surface area (Å²) in [5.74, 6) is 1.33. The molecule has 1 aliphatic rings. The Balaban J connectivity index is 1.75. The number of hydrogen-bond donors (Lipinski definition) is 2. The molecule has 0 spiro atoms. The second kappa shape index (κ2) is 9.49. The summed E-state index contributed by atoms with van der Waals surface area (Å²) in [6.07, 6.45) is 2.00. The van der Waals surface area contributed by atoms with E-state index < -0.39 is 0 Å². The summed E-state index contributed by atoms with van der Waals surface area (Å²) in [6.45, 7) is 5.77. The molecule has 0 aliphatic carbocycles. The fourth-order valence-electron chi connectivity index (χ4n) is 2.92. The highest BCUT2D eigenvalue weighted by Crippen LogP contribution is 2.28. The van der Waals surface area contributed by atoms with E-state index in [4.69, 9.17) is 14.2 Å². The maximum absolute atomic E-state index is 12.1. The zero-order valence-corrected chi connectivity index (χ0v) is 14.6. The van der Waals surface area contributed by atoms with Crippen molar-refractivity contribution in [2.75, 3.05) is 46.6 Å². The molecule has 134 valence electrons. The number of benzene rings is 1. The van der Waals surface area contributed by atoms with Gasteiger partial charge in [0, 0.05) is 19.1 Å². The molecule has 1 aromatic carbocycles. The minimum absolute atomic E-state index is 0.00922. The Morgan fingerprint density at radius 1 is 1.17 bits per heavy atom. The Labute approximate surface area is 143 Å². The van der Waals surface area contributed by atoms with Crippen LogP contribution in [0.4, 0.5) is 0 Å². The van der Waals surface area contributed by atoms with Crippen LogP contribution in [-0.2, 0) is 9.53 Å². The van der Waals surface area contributed by atoms with Crippen molar-refractivity contribution in [2.24, 2.45) is 5.41 Å². The van der Waals surface area contributed by atoms with Gasteiger partial charge in [0.05, 0.1) is 13.2 Å². The van der Waals surface area contributed by atoms with Crippen LogP contribution in [0.25, 0.3) is 0 Å². The van der Waals surface area contributed by atoms with Crippen LogP contribution in [0.5, 0.6) is 11.5 Å². The first-order valence-corrected chi connectivity index (χ1v) is 8.49. The quantitative estimate of drug-likeness (QED) is 0.717. The van der Waals surface area contributed by atoms with Gasteiger partial charge in [0.15, 0.2) is 6.61 Å². The molecule has 0 saturated carbocycles. The highest BCUT2D eigenvalue weighted by Gasteiger charge is 2.32. The van der Waals surface area contributed by atoms with Crippen LogP contribution in [0.2, 0.25) is 0 Å². The van der Waals surface area contributed by atoms with Gasteiger partial charge < -0.3 is 24.8 Å². The number of piperidine rings is 1. The van der Waals surface area contributed by atoms with E-state index in [1.807, 2.05) is 19.1 Å². The first-order valence-electron chi connectivity index (χ1n) is 8.49. The number of nitrogens with one attached hydrogen (secondary N) is 2. The lowest BCUT2D eigenvalue weighted by Gasteiger charge is -2.37. The van der Waals surface area contributed by atoms with Crippen LogP contribution in [0.1, 0.15) is 19.8 Å². The molecule has 0 aromatic heterocycles. The Hall–Kier alpha value is -1.79. The average Bonchev–Trinajstić information content (AvgIpc) is 2.61. The third-order valence-electron chi connectivity index (χ3n) is 4.28. The van der Waals surface area contributed by atoms with E-state index in [-0.39, 0.29) is 17.9 Å². The van der Waals surface area contributed by atoms with Crippen molar-refractivity contribution in [2.45, 2.75) is 19.8 Å². The Morgan fingerprint density at radius 3 is 2.38 bits per heavy atom. The Bertz CT molecular complexity index is 493. The van der Waals surface area contributed by atoms with Gasteiger partial charge in [0.25, 0.3) is 5.91 Å². The normalized spacial score (nSPS) is 16.4. The van der Waals surface area contributed by atoms with Gasteiger partial charge in [-0.05, 0) is 57.1 Å². The van der Waals surface area contributed by atoms with Crippen LogP contribution in [0.15, 0.2) is 24.3 Å². The molecule has 0 unspecified atom stereocenters. The van der Waals surface area contributed by atoms with Gasteiger partial charge in [-0.2, -0.15) is 0 Å². The second-order valence-electron chi connectivity index (χ2n) is 6.15. The molecule has 1 amide bonds. The van der Waals surface area contributed by atoms with Gasteiger partial charge in [0.1, 0.15) is 11.5 Å². The number of amides is 1. The molecule has 6 nitrogen and oxygen atoms in total. The molecule has 0 atom stereocenters. The number of hydrogen-bond acceptors (Lipinski definition) is 5. The van der Waals surface area contributed by atoms with Crippen molar-refractivity contribution in [1.29, 1.82) is 0 Å². The van der Waals surface area contributed by atoms with Gasteiger partial charge in [-0.25, -0.2) is 0 Å². The van der Waals surface area contributed by atoms with Gasteiger partial charge in [-0.15, -0.1) is 0 Å². The number of rotatable bonds is 9. The predicted molar refractivity (Wildman–Crippen MR) is 92.5 cm³/mol. The molecule has 0 bridgehead atoms. The number of carbonyl (C=O) groups is 1. The van der Waals surface area contributed by atoms with E-state index in [9.17, 15) is 4.79 Å². The summed E-state index contributed by atoms with van der Waals surface area (Å²) in [7, 11) is 1.71. The molecular weight excluding hydrogens is 308 g/mol. The fraction of sp³-hybridized carbons (Fsp3) is 0.611. The van der Waals surface area contributed by atoms with E-state index >= 15 is 0 Å². The van der Waals surface area contributed by atoms with E-state index in [1.54, 1.807) is 19.2 Å². The SMILES string of the molecule is CCOc1ccc(OCC(=O)NCC2(COC)CCNCC2)cc1. The first kappa shape index (κ1) is 18.5. The van der Waals surface area contributed by atoms with Crippen molar-refractivity contribution >= 4 is 5.91 Å². The van der Waals surface area contributed by atoms with Crippen molar-refractivity contribution in [3.63, 3.8) is 0 Å². The summed E-state index contributed by atoms with van der Waals surface area (Å²) in [5, 5.41) is 6.33. The minimum atomic E-state index is -0.113. The van der Waals surface area contributed by atoms with Crippen LogP contribution in [0.3, 0.4) is 0 Å². The van der Waals surface area contributed by atoms with Crippen molar-refractivity contribution < 1.29 is 19.0 Å². The zero-order valence-electron chi connectivity index (χ0n) is 14.6. The van der Waals surface area contributed by atoms with Crippen LogP contribution in [0, 0.1) is 5.41 Å². The molecule has 1 aromatic rings. The summed E-state index contributed by atoms with van der Waals surface area (Å²) in [5.41, 5.74) is 0.0226. The smallest absolute Gasteiger partial charge is 0.257 e. The molecule has 6 heteroatoms. The molecule has 2 N–H and O–H groups in total. The molecule has 1 aliphatic heterocycles. The topological polar surface area (TPSA) is 68.8 Å². The van der Waals surface area contributed by atoms with E-state index in [0.717, 1.165) is 31.7 Å². The van der Waals surface area contributed by atoms with Crippen LogP contribution >= 0.6 is 0 Å². The number of carbonyl (C=O) groups excluding carboxylic acids is 1. The zero-order chi connectivity index (χ0) is 17.3. The third-order valence-corrected chi connectivity index (χ3v) is 4.28. The predicted octanol–water partition coefficient (Wildman–Crippen LogP) is 1.60. The van der Waals surface area contributed by atoms with Gasteiger partial charge >= 0.3 is 0 Å². The summed E-state index contributed by atoms with van der Waals surface area (Å²) in [4.78, 5) is 12.1. The second-order valence-corrected chi connectivity index (χ2v) is 6.15. The Morgan fingerprint density at radius 2 is 1.79 bits per heavy atom. The minimum Gasteiger partial charge on any atom is -0.494 e. The standard InChI is InChI=1S/C18H28N2O4/c1-3-23-15-4-6-16(7-5-15)24-12-17(21)20-13-18(14-22-2)8-10-19-11-9-18/h4-7,19H,3,8-14H2,1-2H3,(H,20,21). The molecule has 1 fully saturated rings. The van der Waals surface area contributed by atoms with Gasteiger partial charge in [0.2, 0.25) is 0 Å². The van der Waals surface area contributed by atoms with Crippen molar-refractivity contribution in [3.05, 3.63) is 24.3 Å². The van der Waals surface area contributed by atoms with Crippen molar-refractivity contribution in [1.82, 2.24) is 10.6 Å². The summed E-state index contributed by atoms with van der Waals surface area (Å²) >= 11 is 0. The lowest BCUT2D eigenvalue weighted by atomic mass is 9.79. The monoisotopic (exact) mass is 336 g/mol. The molecule has 24 heavy (non-hydrogen) atoms. The number of ether oxygens (including phenoxy) is 3. The maximum Gasteiger partial charge on any atom is 0.257 e. The fourth-order valence-corrected chi connectivity index (χ4v) is 2.92. The molecule has 0 radical (unpaired) electrons. The maximum atomic E-state index is 12.1. The molecule has 2 rings (SSSR count). The van der Waals surface area contributed by atoms with Crippen LogP contribution in [-0.4, -0.2) is 52.5 Å². The third kappa shape index (κ3) is 5.69. The lowest BCUT2D eigenvalue weighted by molar-refractivity contribution is -0.124. The number of methoxy groups -OCH3 is 1. The molecule has 1 heterocycles.